The second kappa shape index (κ2) is 7.54. The van der Waals surface area contributed by atoms with Crippen molar-refractivity contribution in [2.75, 3.05) is 28.6 Å². The monoisotopic (exact) mass is 398 g/mol. The van der Waals surface area contributed by atoms with E-state index in [-0.39, 0.29) is 23.0 Å². The van der Waals surface area contributed by atoms with Crippen LogP contribution in [-0.2, 0) is 9.59 Å². The van der Waals surface area contributed by atoms with Gasteiger partial charge in [-0.2, -0.15) is 0 Å². The fourth-order valence-electron chi connectivity index (χ4n) is 3.76. The fourth-order valence-corrected chi connectivity index (χ4v) is 3.76. The van der Waals surface area contributed by atoms with Crippen molar-refractivity contribution in [1.82, 2.24) is 0 Å². The Morgan fingerprint density at radius 1 is 1.17 bits per heavy atom. The summed E-state index contributed by atoms with van der Waals surface area (Å²) in [4.78, 5) is 25.3. The van der Waals surface area contributed by atoms with Gasteiger partial charge in [0.25, 0.3) is 5.91 Å². The molecular weight excluding hydrogens is 378 g/mol. The van der Waals surface area contributed by atoms with Crippen LogP contribution in [0.2, 0.25) is 0 Å². The summed E-state index contributed by atoms with van der Waals surface area (Å²) in [6.45, 7) is 1.11. The van der Waals surface area contributed by atoms with E-state index < -0.39 is 17.5 Å². The van der Waals surface area contributed by atoms with Crippen LogP contribution >= 0.6 is 0 Å². The molecule has 6 nitrogen and oxygen atoms in total. The molecule has 0 atom stereocenters. The Morgan fingerprint density at radius 2 is 1.93 bits per heavy atom. The molecule has 2 aliphatic rings. The number of carbonyl (C=O) groups is 2. The van der Waals surface area contributed by atoms with Gasteiger partial charge in [0.05, 0.1) is 16.9 Å². The van der Waals surface area contributed by atoms with Crippen LogP contribution in [0.25, 0.3) is 5.57 Å². The number of amides is 2. The quantitative estimate of drug-likeness (QED) is 0.691. The van der Waals surface area contributed by atoms with Gasteiger partial charge in [0.15, 0.2) is 0 Å². The molecule has 0 aromatic heterocycles. The number of nitrogens with zero attached hydrogens (tertiary/aromatic N) is 1. The van der Waals surface area contributed by atoms with Crippen molar-refractivity contribution in [3.63, 3.8) is 0 Å². The number of piperidine rings is 1. The minimum Gasteiger partial charge on any atom is -0.369 e. The highest BCUT2D eigenvalue weighted by molar-refractivity contribution is 6.31. The molecule has 4 rings (SSSR count). The molecule has 1 fully saturated rings. The number of rotatable bonds is 4. The first-order chi connectivity index (χ1) is 13.9. The number of primary amides is 1. The van der Waals surface area contributed by atoms with Gasteiger partial charge in [0.1, 0.15) is 11.6 Å². The molecule has 150 valence electrons. The van der Waals surface area contributed by atoms with Crippen LogP contribution in [0.4, 0.5) is 25.8 Å². The lowest BCUT2D eigenvalue weighted by atomic mass is 9.96. The minimum atomic E-state index is -0.505. The molecular formula is C21H20F2N4O2. The van der Waals surface area contributed by atoms with Crippen LogP contribution in [-0.4, -0.2) is 24.9 Å². The number of hydrogen-bond acceptors (Lipinski definition) is 4. The summed E-state index contributed by atoms with van der Waals surface area (Å²) >= 11 is 0. The molecule has 2 aliphatic heterocycles. The number of nitrogens with two attached hydrogens (primary N) is 1. The summed E-state index contributed by atoms with van der Waals surface area (Å²) in [6, 6.07) is 9.07. The highest BCUT2D eigenvalue weighted by Gasteiger charge is 2.27. The van der Waals surface area contributed by atoms with E-state index in [9.17, 15) is 18.4 Å². The zero-order valence-corrected chi connectivity index (χ0v) is 15.5. The van der Waals surface area contributed by atoms with Crippen molar-refractivity contribution in [3.8, 4) is 0 Å². The first-order valence-corrected chi connectivity index (χ1v) is 9.35. The second-order valence-electron chi connectivity index (χ2n) is 7.15. The molecule has 29 heavy (non-hydrogen) atoms. The van der Waals surface area contributed by atoms with Crippen LogP contribution in [0, 0.1) is 17.6 Å². The van der Waals surface area contributed by atoms with E-state index in [1.807, 2.05) is 4.90 Å². The van der Waals surface area contributed by atoms with Gasteiger partial charge >= 0.3 is 0 Å². The Hall–Kier alpha value is -3.42. The highest BCUT2D eigenvalue weighted by Crippen LogP contribution is 2.34. The summed E-state index contributed by atoms with van der Waals surface area (Å²) < 4.78 is 28.7. The van der Waals surface area contributed by atoms with Gasteiger partial charge < -0.3 is 21.3 Å². The molecule has 2 amide bonds. The fraction of sp³-hybridized carbons (Fsp3) is 0.238. The summed E-state index contributed by atoms with van der Waals surface area (Å²) in [7, 11) is 0. The molecule has 2 heterocycles. The minimum absolute atomic E-state index is 0.149. The molecule has 0 spiro atoms. The first-order valence-electron chi connectivity index (χ1n) is 9.35. The molecule has 0 bridgehead atoms. The van der Waals surface area contributed by atoms with Gasteiger partial charge in [0, 0.05) is 36.5 Å². The third-order valence-electron chi connectivity index (χ3n) is 5.34. The predicted molar refractivity (Wildman–Crippen MR) is 107 cm³/mol. The van der Waals surface area contributed by atoms with Crippen molar-refractivity contribution in [1.29, 1.82) is 0 Å². The van der Waals surface area contributed by atoms with Crippen molar-refractivity contribution >= 4 is 34.4 Å². The number of benzene rings is 2. The molecule has 2 aromatic rings. The molecule has 4 N–H and O–H groups in total. The predicted octanol–water partition coefficient (Wildman–Crippen LogP) is 3.07. The zero-order chi connectivity index (χ0) is 20.5. The Kier molecular flexibility index (Phi) is 4.92. The molecule has 0 unspecified atom stereocenters. The molecule has 1 saturated heterocycles. The molecule has 8 heteroatoms. The highest BCUT2D eigenvalue weighted by atomic mass is 19.1. The smallest absolute Gasteiger partial charge is 0.257 e. The topological polar surface area (TPSA) is 87.5 Å². The van der Waals surface area contributed by atoms with Gasteiger partial charge in [-0.25, -0.2) is 8.78 Å². The summed E-state index contributed by atoms with van der Waals surface area (Å²) in [5.74, 6) is -1.83. The Morgan fingerprint density at radius 3 is 2.62 bits per heavy atom. The van der Waals surface area contributed by atoms with Crippen molar-refractivity contribution in [2.24, 2.45) is 11.7 Å². The van der Waals surface area contributed by atoms with E-state index in [1.165, 1.54) is 24.4 Å². The van der Waals surface area contributed by atoms with Crippen LogP contribution in [0.15, 0.2) is 42.6 Å². The third-order valence-corrected chi connectivity index (χ3v) is 5.34. The lowest BCUT2D eigenvalue weighted by molar-refractivity contribution is -0.122. The molecule has 2 aromatic carbocycles. The lowest BCUT2D eigenvalue weighted by Gasteiger charge is -2.32. The number of carbonyl (C=O) groups excluding carboxylic acids is 2. The van der Waals surface area contributed by atoms with E-state index >= 15 is 0 Å². The van der Waals surface area contributed by atoms with E-state index in [0.717, 1.165) is 0 Å². The van der Waals surface area contributed by atoms with E-state index in [2.05, 4.69) is 10.6 Å². The maximum Gasteiger partial charge on any atom is 0.257 e. The second-order valence-corrected chi connectivity index (χ2v) is 7.15. The van der Waals surface area contributed by atoms with Crippen LogP contribution in [0.5, 0.6) is 0 Å². The average molecular weight is 398 g/mol. The zero-order valence-electron chi connectivity index (χ0n) is 15.5. The average Bonchev–Trinajstić information content (AvgIpc) is 3.03. The normalized spacial score (nSPS) is 17.9. The maximum absolute atomic E-state index is 14.6. The number of hydrogen-bond donors (Lipinski definition) is 3. The van der Waals surface area contributed by atoms with Crippen molar-refractivity contribution < 1.29 is 18.4 Å². The standard InChI is InChI=1S/C21H20F2N4O2/c22-15-2-1-3-17-19(15)14(21(29)26-17)11-25-13-4-5-18(16(23)10-13)27-8-6-12(7-9-27)20(24)28/h1-5,10-12,25H,6-9H2,(H2,24,28)(H,26,29)/b14-11-. The van der Waals surface area contributed by atoms with Crippen LogP contribution in [0.3, 0.4) is 0 Å². The largest absolute Gasteiger partial charge is 0.369 e. The van der Waals surface area contributed by atoms with E-state index in [4.69, 9.17) is 5.73 Å². The number of nitrogens with one attached hydrogen (secondary N) is 2. The Bertz CT molecular complexity index is 1010. The molecule has 0 aliphatic carbocycles. The molecule has 0 saturated carbocycles. The lowest BCUT2D eigenvalue weighted by Crippen LogP contribution is -2.38. The number of fused-ring (bicyclic) bond motifs is 1. The summed E-state index contributed by atoms with van der Waals surface area (Å²) in [6.07, 6.45) is 2.57. The van der Waals surface area contributed by atoms with Gasteiger partial charge in [0.2, 0.25) is 5.91 Å². The third kappa shape index (κ3) is 3.65. The Labute approximate surface area is 166 Å². The van der Waals surface area contributed by atoms with Crippen molar-refractivity contribution in [3.05, 3.63) is 59.8 Å². The van der Waals surface area contributed by atoms with Gasteiger partial charge in [-0.3, -0.25) is 9.59 Å². The van der Waals surface area contributed by atoms with E-state index in [0.29, 0.717) is 43.0 Å². The van der Waals surface area contributed by atoms with E-state index in [1.54, 1.807) is 18.2 Å². The molecule has 0 radical (unpaired) electrons. The summed E-state index contributed by atoms with van der Waals surface area (Å²) in [5, 5.41) is 5.47. The SMILES string of the molecule is NC(=O)C1CCN(c2ccc(N/C=C3\C(=O)Nc4cccc(F)c43)cc2F)CC1. The van der Waals surface area contributed by atoms with Gasteiger partial charge in [-0.15, -0.1) is 0 Å². The first kappa shape index (κ1) is 18.9. The number of anilines is 3. The number of halogens is 2. The van der Waals surface area contributed by atoms with Crippen molar-refractivity contribution in [2.45, 2.75) is 12.8 Å². The summed E-state index contributed by atoms with van der Waals surface area (Å²) in [5.41, 5.74) is 6.97. The maximum atomic E-state index is 14.6. The van der Waals surface area contributed by atoms with Crippen LogP contribution in [0.1, 0.15) is 18.4 Å². The Balaban J connectivity index is 1.49. The van der Waals surface area contributed by atoms with Gasteiger partial charge in [-0.05, 0) is 43.2 Å². The van der Waals surface area contributed by atoms with Gasteiger partial charge in [-0.1, -0.05) is 6.07 Å². The van der Waals surface area contributed by atoms with Crippen LogP contribution < -0.4 is 21.3 Å².